The molecule has 0 aromatic carbocycles. The quantitative estimate of drug-likeness (QED) is 0.465. The van der Waals surface area contributed by atoms with Crippen molar-refractivity contribution in [2.45, 2.75) is 71.1 Å². The predicted molar refractivity (Wildman–Crippen MR) is 112 cm³/mol. The van der Waals surface area contributed by atoms with Gasteiger partial charge in [-0.3, -0.25) is 19.2 Å². The second-order valence-electron chi connectivity index (χ2n) is 8.90. The van der Waals surface area contributed by atoms with Crippen LogP contribution in [0.2, 0.25) is 0 Å². The van der Waals surface area contributed by atoms with Gasteiger partial charge in [-0.15, -0.1) is 0 Å². The smallest absolute Gasteiger partial charge is 0.307 e. The first-order chi connectivity index (χ1) is 14.3. The number of hydrogen-bond donors (Lipinski definition) is 3. The van der Waals surface area contributed by atoms with E-state index in [1.165, 1.54) is 0 Å². The Morgan fingerprint density at radius 2 is 1.33 bits per heavy atom. The Labute approximate surface area is 178 Å². The third kappa shape index (κ3) is 6.96. The lowest BCUT2D eigenvalue weighted by Gasteiger charge is -2.27. The van der Waals surface area contributed by atoms with E-state index in [-0.39, 0.29) is 29.9 Å². The normalized spacial score (nSPS) is 28.0. The molecule has 0 heterocycles. The second kappa shape index (κ2) is 11.9. The number of rotatable bonds is 10. The molecule has 0 aromatic rings. The number of nitrogens with one attached hydrogen (secondary N) is 1. The molecule has 3 N–H and O–H groups in total. The molecular formula is C23H35NO6. The summed E-state index contributed by atoms with van der Waals surface area (Å²) in [7, 11) is 0. The topological polar surface area (TPSA) is 121 Å². The summed E-state index contributed by atoms with van der Waals surface area (Å²) >= 11 is 0. The van der Waals surface area contributed by atoms with Crippen molar-refractivity contribution in [3.05, 3.63) is 12.2 Å². The molecule has 0 radical (unpaired) electrons. The van der Waals surface area contributed by atoms with E-state index in [0.717, 1.165) is 25.7 Å². The maximum atomic E-state index is 12.4. The molecule has 5 atom stereocenters. The molecule has 0 bridgehead atoms. The molecular weight excluding hydrogens is 386 g/mol. The highest BCUT2D eigenvalue weighted by Gasteiger charge is 2.36. The lowest BCUT2D eigenvalue weighted by Crippen LogP contribution is -2.41. The van der Waals surface area contributed by atoms with Crippen LogP contribution in [0.4, 0.5) is 0 Å². The van der Waals surface area contributed by atoms with Crippen LogP contribution in [0.25, 0.3) is 0 Å². The van der Waals surface area contributed by atoms with Crippen LogP contribution in [-0.2, 0) is 19.2 Å². The van der Waals surface area contributed by atoms with Gasteiger partial charge in [0.05, 0.1) is 17.8 Å². The minimum Gasteiger partial charge on any atom is -0.481 e. The monoisotopic (exact) mass is 421 g/mol. The number of hydrogen-bond acceptors (Lipinski definition) is 4. The second-order valence-corrected chi connectivity index (χ2v) is 8.90. The minimum atomic E-state index is -0.890. The zero-order chi connectivity index (χ0) is 22.1. The van der Waals surface area contributed by atoms with E-state index in [1.807, 2.05) is 13.0 Å². The van der Waals surface area contributed by atoms with E-state index in [4.69, 9.17) is 0 Å². The highest BCUT2D eigenvalue weighted by atomic mass is 16.4. The summed E-state index contributed by atoms with van der Waals surface area (Å²) in [6.07, 6.45) is 10.6. The summed E-state index contributed by atoms with van der Waals surface area (Å²) in [4.78, 5) is 47.5. The molecule has 5 unspecified atom stereocenters. The van der Waals surface area contributed by atoms with Gasteiger partial charge in [-0.05, 0) is 38.0 Å². The average molecular weight is 422 g/mol. The molecule has 2 aliphatic rings. The zero-order valence-electron chi connectivity index (χ0n) is 17.8. The van der Waals surface area contributed by atoms with Crippen molar-refractivity contribution in [1.82, 2.24) is 5.32 Å². The summed E-state index contributed by atoms with van der Waals surface area (Å²) < 4.78 is 0. The standard InChI is InChI=1S/C23H35NO6/c1-15(14-24-21(26)17-10-4-6-12-19(17)23(29)30)8-2-7-13-20(25)16-9-3-5-11-18(16)22(27)28/h2,7,15-19H,3-6,8-14H2,1H3,(H,24,26)(H,27,28)(H,29,30)/b7-2+. The maximum Gasteiger partial charge on any atom is 0.307 e. The molecule has 7 nitrogen and oxygen atoms in total. The fourth-order valence-corrected chi connectivity index (χ4v) is 4.72. The molecule has 2 rings (SSSR count). The summed E-state index contributed by atoms with van der Waals surface area (Å²) in [5, 5.41) is 21.5. The number of Topliss-reactive ketones (excluding diaryl/α,β-unsaturated/α-hetero) is 1. The molecule has 30 heavy (non-hydrogen) atoms. The Balaban J connectivity index is 1.72. The Bertz CT molecular complexity index is 658. The number of allylic oxidation sites excluding steroid dienone is 2. The summed E-state index contributed by atoms with van der Waals surface area (Å²) in [5.41, 5.74) is 0. The van der Waals surface area contributed by atoms with Crippen LogP contribution < -0.4 is 5.32 Å². The fraction of sp³-hybridized carbons (Fsp3) is 0.739. The number of ketones is 1. The Kier molecular flexibility index (Phi) is 9.53. The summed E-state index contributed by atoms with van der Waals surface area (Å²) in [6.45, 7) is 2.45. The van der Waals surface area contributed by atoms with Gasteiger partial charge in [-0.25, -0.2) is 0 Å². The van der Waals surface area contributed by atoms with Crippen LogP contribution in [0.15, 0.2) is 12.2 Å². The summed E-state index contributed by atoms with van der Waals surface area (Å²) in [6, 6.07) is 0. The fourth-order valence-electron chi connectivity index (χ4n) is 4.72. The number of carbonyl (C=O) groups excluding carboxylic acids is 2. The first-order valence-electron chi connectivity index (χ1n) is 11.2. The van der Waals surface area contributed by atoms with E-state index in [0.29, 0.717) is 38.6 Å². The van der Waals surface area contributed by atoms with E-state index in [2.05, 4.69) is 5.32 Å². The highest BCUT2D eigenvalue weighted by Crippen LogP contribution is 2.32. The first kappa shape index (κ1) is 24.1. The van der Waals surface area contributed by atoms with E-state index >= 15 is 0 Å². The number of carboxylic acids is 2. The van der Waals surface area contributed by atoms with Gasteiger partial charge in [0.25, 0.3) is 0 Å². The van der Waals surface area contributed by atoms with Crippen molar-refractivity contribution in [1.29, 1.82) is 0 Å². The summed E-state index contributed by atoms with van der Waals surface area (Å²) in [5.74, 6) is -3.75. The van der Waals surface area contributed by atoms with Crippen molar-refractivity contribution in [2.24, 2.45) is 29.6 Å². The lowest BCUT2D eigenvalue weighted by molar-refractivity contribution is -0.149. The molecule has 0 aromatic heterocycles. The third-order valence-corrected chi connectivity index (χ3v) is 6.57. The van der Waals surface area contributed by atoms with Gasteiger partial charge >= 0.3 is 11.9 Å². The van der Waals surface area contributed by atoms with Crippen LogP contribution in [0, 0.1) is 29.6 Å². The molecule has 0 saturated heterocycles. The Hall–Kier alpha value is -2.18. The molecule has 2 saturated carbocycles. The van der Waals surface area contributed by atoms with Gasteiger partial charge in [0.1, 0.15) is 5.78 Å². The van der Waals surface area contributed by atoms with E-state index in [9.17, 15) is 29.4 Å². The maximum absolute atomic E-state index is 12.4. The van der Waals surface area contributed by atoms with E-state index < -0.39 is 29.7 Å². The number of carbonyl (C=O) groups is 4. The molecule has 168 valence electrons. The van der Waals surface area contributed by atoms with Crippen molar-refractivity contribution in [3.63, 3.8) is 0 Å². The van der Waals surface area contributed by atoms with Crippen molar-refractivity contribution in [3.8, 4) is 0 Å². The molecule has 2 aliphatic carbocycles. The Morgan fingerprint density at radius 3 is 1.90 bits per heavy atom. The van der Waals surface area contributed by atoms with Crippen molar-refractivity contribution in [2.75, 3.05) is 6.54 Å². The minimum absolute atomic E-state index is 0.00341. The zero-order valence-corrected chi connectivity index (χ0v) is 17.8. The predicted octanol–water partition coefficient (Wildman–Crippen LogP) is 3.43. The van der Waals surface area contributed by atoms with Crippen LogP contribution in [0.1, 0.15) is 71.1 Å². The number of amides is 1. The molecule has 0 spiro atoms. The van der Waals surface area contributed by atoms with Gasteiger partial charge in [-0.2, -0.15) is 0 Å². The SMILES string of the molecule is CC(C/C=C/CC(=O)C1CCCCC1C(=O)O)CNC(=O)C1CCCCC1C(=O)O. The third-order valence-electron chi connectivity index (χ3n) is 6.57. The largest absolute Gasteiger partial charge is 0.481 e. The van der Waals surface area contributed by atoms with Crippen LogP contribution >= 0.6 is 0 Å². The molecule has 1 amide bonds. The highest BCUT2D eigenvalue weighted by molar-refractivity contribution is 5.87. The Morgan fingerprint density at radius 1 is 0.833 bits per heavy atom. The van der Waals surface area contributed by atoms with Crippen molar-refractivity contribution < 1.29 is 29.4 Å². The van der Waals surface area contributed by atoms with Gasteiger partial charge in [0.2, 0.25) is 5.91 Å². The van der Waals surface area contributed by atoms with Crippen LogP contribution in [-0.4, -0.2) is 40.4 Å². The molecule has 0 aliphatic heterocycles. The average Bonchev–Trinajstić information content (AvgIpc) is 2.74. The number of aliphatic carboxylic acids is 2. The first-order valence-corrected chi connectivity index (χ1v) is 11.2. The van der Waals surface area contributed by atoms with Crippen LogP contribution in [0.3, 0.4) is 0 Å². The number of carboxylic acid groups (broad SMARTS) is 2. The van der Waals surface area contributed by atoms with Gasteiger partial charge in [-0.1, -0.05) is 44.8 Å². The molecule has 7 heteroatoms. The van der Waals surface area contributed by atoms with E-state index in [1.54, 1.807) is 6.08 Å². The van der Waals surface area contributed by atoms with Gasteiger partial charge in [0, 0.05) is 18.9 Å². The van der Waals surface area contributed by atoms with Crippen molar-refractivity contribution >= 4 is 23.6 Å². The van der Waals surface area contributed by atoms with Gasteiger partial charge in [0.15, 0.2) is 0 Å². The molecule has 2 fully saturated rings. The lowest BCUT2D eigenvalue weighted by atomic mass is 9.76. The van der Waals surface area contributed by atoms with Crippen LogP contribution in [0.5, 0.6) is 0 Å². The van der Waals surface area contributed by atoms with Gasteiger partial charge < -0.3 is 15.5 Å².